The predicted molar refractivity (Wildman–Crippen MR) is 119 cm³/mol. The molecular weight excluding hydrogens is 394 g/mol. The van der Waals surface area contributed by atoms with Crippen molar-refractivity contribution in [2.24, 2.45) is 0 Å². The molecule has 0 aliphatic rings. The smallest absolute Gasteiger partial charge is 0.339 e. The Hall–Kier alpha value is -3.98. The van der Waals surface area contributed by atoms with Crippen molar-refractivity contribution < 1.29 is 24.5 Å². The summed E-state index contributed by atoms with van der Waals surface area (Å²) in [6.07, 6.45) is 3.29. The lowest BCUT2D eigenvalue weighted by molar-refractivity contribution is -0.132. The molecule has 31 heavy (non-hydrogen) atoms. The predicted octanol–water partition coefficient (Wildman–Crippen LogP) is 5.41. The Labute approximate surface area is 182 Å². The molecule has 2 aromatic rings. The number of nitrogens with zero attached hydrogens (tertiary/aromatic N) is 1. The van der Waals surface area contributed by atoms with Gasteiger partial charge in [-0.3, -0.25) is 0 Å². The third kappa shape index (κ3) is 6.25. The van der Waals surface area contributed by atoms with Crippen LogP contribution in [0.3, 0.4) is 0 Å². The number of carboxylic acid groups (broad SMARTS) is 1. The van der Waals surface area contributed by atoms with Gasteiger partial charge in [0.2, 0.25) is 0 Å². The van der Waals surface area contributed by atoms with Crippen LogP contribution in [0.1, 0.15) is 37.0 Å². The van der Waals surface area contributed by atoms with Gasteiger partial charge in [-0.15, -0.1) is 0 Å². The summed E-state index contributed by atoms with van der Waals surface area (Å²) in [5, 5.41) is 28.9. The highest BCUT2D eigenvalue weighted by Gasteiger charge is 2.17. The molecule has 6 heteroatoms. The molecule has 0 aliphatic heterocycles. The highest BCUT2D eigenvalue weighted by atomic mass is 16.5. The number of aliphatic hydroxyl groups excluding tert-OH is 1. The summed E-state index contributed by atoms with van der Waals surface area (Å²) in [5.74, 6) is -0.981. The van der Waals surface area contributed by atoms with Crippen LogP contribution in [0.5, 0.6) is 11.5 Å². The molecule has 0 saturated carbocycles. The fourth-order valence-electron chi connectivity index (χ4n) is 2.73. The number of ether oxygens (including phenoxy) is 2. The largest absolute Gasteiger partial charge is 0.507 e. The summed E-state index contributed by atoms with van der Waals surface area (Å²) >= 11 is 0. The van der Waals surface area contributed by atoms with Gasteiger partial charge < -0.3 is 19.7 Å². The van der Waals surface area contributed by atoms with Crippen LogP contribution in [-0.4, -0.2) is 22.8 Å². The van der Waals surface area contributed by atoms with E-state index >= 15 is 0 Å². The molecule has 0 aliphatic carbocycles. The third-order valence-corrected chi connectivity index (χ3v) is 4.33. The van der Waals surface area contributed by atoms with Gasteiger partial charge in [-0.05, 0) is 54.3 Å². The summed E-state index contributed by atoms with van der Waals surface area (Å²) < 4.78 is 11.7. The first-order chi connectivity index (χ1) is 14.9. The molecule has 0 radical (unpaired) electrons. The fraction of sp³-hybridized carbons (Fsp3) is 0.200. The van der Waals surface area contributed by atoms with E-state index in [1.54, 1.807) is 12.1 Å². The summed E-state index contributed by atoms with van der Waals surface area (Å²) in [6.45, 7) is 8.06. The van der Waals surface area contributed by atoms with Crippen LogP contribution >= 0.6 is 0 Å². The van der Waals surface area contributed by atoms with Crippen LogP contribution in [0, 0.1) is 11.3 Å². The van der Waals surface area contributed by atoms with E-state index in [0.29, 0.717) is 29.2 Å². The third-order valence-electron chi connectivity index (χ3n) is 4.33. The normalized spacial score (nSPS) is 11.5. The van der Waals surface area contributed by atoms with E-state index in [9.17, 15) is 20.3 Å². The maximum atomic E-state index is 11.5. The molecule has 2 rings (SSSR count). The van der Waals surface area contributed by atoms with Crippen molar-refractivity contribution in [1.82, 2.24) is 0 Å². The van der Waals surface area contributed by atoms with Gasteiger partial charge >= 0.3 is 5.97 Å². The fourth-order valence-corrected chi connectivity index (χ4v) is 2.73. The van der Waals surface area contributed by atoms with Gasteiger partial charge in [-0.2, -0.15) is 5.26 Å². The summed E-state index contributed by atoms with van der Waals surface area (Å²) in [4.78, 5) is 11.5. The van der Waals surface area contributed by atoms with E-state index in [1.165, 1.54) is 19.1 Å². The Morgan fingerprint density at radius 2 is 1.90 bits per heavy atom. The Kier molecular flexibility index (Phi) is 8.47. The second-order valence-corrected chi connectivity index (χ2v) is 6.65. The second-order valence-electron chi connectivity index (χ2n) is 6.65. The lowest BCUT2D eigenvalue weighted by Gasteiger charge is -2.16. The van der Waals surface area contributed by atoms with Crippen LogP contribution in [0.2, 0.25) is 0 Å². The molecule has 0 heterocycles. The number of nitriles is 1. The van der Waals surface area contributed by atoms with Crippen molar-refractivity contribution >= 4 is 11.5 Å². The van der Waals surface area contributed by atoms with Crippen LogP contribution in [0.15, 0.2) is 72.5 Å². The van der Waals surface area contributed by atoms with Crippen molar-refractivity contribution in [3.63, 3.8) is 0 Å². The van der Waals surface area contributed by atoms with Gasteiger partial charge in [-0.25, -0.2) is 4.79 Å². The van der Waals surface area contributed by atoms with Crippen molar-refractivity contribution in [3.05, 3.63) is 89.2 Å². The zero-order chi connectivity index (χ0) is 22.8. The van der Waals surface area contributed by atoms with E-state index < -0.39 is 5.97 Å². The van der Waals surface area contributed by atoms with Crippen molar-refractivity contribution in [2.45, 2.75) is 26.9 Å². The minimum atomic E-state index is -1.29. The number of hydrogen-bond acceptors (Lipinski definition) is 5. The maximum absolute atomic E-state index is 11.5. The standard InChI is InChI=1S/C25H25NO5/c1-4-11-30-23-14-19(17(3)12-21(25(28)29)22(27)5-2)13-20(15-26)24(23)31-16-18-9-7-6-8-10-18/h5-10,12-14,27H,3-4,11,16H2,1-2H3,(H,28,29)/b21-12+,22-5+. The molecule has 0 amide bonds. The van der Waals surface area contributed by atoms with Gasteiger partial charge in [-0.1, -0.05) is 43.8 Å². The maximum Gasteiger partial charge on any atom is 0.339 e. The van der Waals surface area contributed by atoms with Crippen molar-refractivity contribution in [3.8, 4) is 17.6 Å². The van der Waals surface area contributed by atoms with Gasteiger partial charge in [0.15, 0.2) is 11.5 Å². The quantitative estimate of drug-likeness (QED) is 0.303. The first-order valence-corrected chi connectivity index (χ1v) is 9.78. The Balaban J connectivity index is 2.47. The number of rotatable bonds is 10. The molecule has 0 spiro atoms. The molecule has 2 aromatic carbocycles. The number of aliphatic hydroxyl groups is 1. The summed E-state index contributed by atoms with van der Waals surface area (Å²) in [6, 6.07) is 14.9. The first-order valence-electron chi connectivity index (χ1n) is 9.78. The molecule has 0 fully saturated rings. The number of aliphatic carboxylic acids is 1. The number of benzene rings is 2. The average Bonchev–Trinajstić information content (AvgIpc) is 2.79. The molecule has 0 saturated heterocycles. The minimum absolute atomic E-state index is 0.237. The Morgan fingerprint density at radius 1 is 1.19 bits per heavy atom. The monoisotopic (exact) mass is 419 g/mol. The Morgan fingerprint density at radius 3 is 2.48 bits per heavy atom. The van der Waals surface area contributed by atoms with E-state index in [1.807, 2.05) is 37.3 Å². The summed E-state index contributed by atoms with van der Waals surface area (Å²) in [5.41, 5.74) is 1.67. The molecule has 6 nitrogen and oxygen atoms in total. The molecule has 0 bridgehead atoms. The second kappa shape index (κ2) is 11.3. The molecule has 0 unspecified atom stereocenters. The van der Waals surface area contributed by atoms with E-state index in [4.69, 9.17) is 9.47 Å². The van der Waals surface area contributed by atoms with Crippen LogP contribution in [0.25, 0.3) is 5.57 Å². The molecule has 2 N–H and O–H groups in total. The lowest BCUT2D eigenvalue weighted by Crippen LogP contribution is -2.05. The van der Waals surface area contributed by atoms with E-state index in [0.717, 1.165) is 12.0 Å². The molecule has 0 aromatic heterocycles. The number of carboxylic acids is 1. The minimum Gasteiger partial charge on any atom is -0.507 e. The van der Waals surface area contributed by atoms with Gasteiger partial charge in [0.05, 0.1) is 12.2 Å². The van der Waals surface area contributed by atoms with Crippen LogP contribution < -0.4 is 9.47 Å². The van der Waals surface area contributed by atoms with E-state index in [-0.39, 0.29) is 23.5 Å². The lowest BCUT2D eigenvalue weighted by atomic mass is 10.0. The van der Waals surface area contributed by atoms with Crippen molar-refractivity contribution in [1.29, 1.82) is 5.26 Å². The topological polar surface area (TPSA) is 99.8 Å². The highest BCUT2D eigenvalue weighted by Crippen LogP contribution is 2.36. The number of hydrogen-bond donors (Lipinski definition) is 2. The van der Waals surface area contributed by atoms with Gasteiger partial charge in [0, 0.05) is 0 Å². The zero-order valence-electron chi connectivity index (χ0n) is 17.6. The Bertz CT molecular complexity index is 1050. The molecule has 160 valence electrons. The first kappa shape index (κ1) is 23.3. The van der Waals surface area contributed by atoms with Crippen LogP contribution in [-0.2, 0) is 11.4 Å². The van der Waals surface area contributed by atoms with Gasteiger partial charge in [0.25, 0.3) is 0 Å². The summed E-state index contributed by atoms with van der Waals surface area (Å²) in [7, 11) is 0. The number of carbonyl (C=O) groups is 1. The molecular formula is C25H25NO5. The number of allylic oxidation sites excluding steroid dienone is 3. The SMILES string of the molecule is C=C(/C=C(C(=O)O)\C(O)=C/C)c1cc(C#N)c(OCc2ccccc2)c(OCCC)c1. The van der Waals surface area contributed by atoms with Crippen LogP contribution in [0.4, 0.5) is 0 Å². The van der Waals surface area contributed by atoms with Crippen molar-refractivity contribution in [2.75, 3.05) is 6.61 Å². The zero-order valence-corrected chi connectivity index (χ0v) is 17.6. The molecule has 0 atom stereocenters. The van der Waals surface area contributed by atoms with Gasteiger partial charge in [0.1, 0.15) is 24.0 Å². The highest BCUT2D eigenvalue weighted by molar-refractivity contribution is 5.95. The van der Waals surface area contributed by atoms with E-state index in [2.05, 4.69) is 12.6 Å². The average molecular weight is 419 g/mol.